The average Bonchev–Trinajstić information content (AvgIpc) is 2.81. The lowest BCUT2D eigenvalue weighted by Gasteiger charge is -2.16. The van der Waals surface area contributed by atoms with Crippen LogP contribution in [0.1, 0.15) is 24.8 Å². The van der Waals surface area contributed by atoms with Gasteiger partial charge in [-0.25, -0.2) is 17.5 Å². The number of alkyl halides is 3. The molecule has 1 saturated carbocycles. The van der Waals surface area contributed by atoms with Crippen molar-refractivity contribution in [3.63, 3.8) is 0 Å². The van der Waals surface area contributed by atoms with Gasteiger partial charge in [0, 0.05) is 6.54 Å². The number of halogens is 4. The fourth-order valence-corrected chi connectivity index (χ4v) is 3.56. The highest BCUT2D eigenvalue weighted by atomic mass is 32.2. The zero-order chi connectivity index (χ0) is 16.5. The molecule has 1 fully saturated rings. The van der Waals surface area contributed by atoms with Gasteiger partial charge in [-0.05, 0) is 37.0 Å². The molecule has 1 aromatic rings. The Morgan fingerprint density at radius 1 is 1.27 bits per heavy atom. The second kappa shape index (κ2) is 6.13. The molecule has 22 heavy (non-hydrogen) atoms. The highest BCUT2D eigenvalue weighted by Crippen LogP contribution is 2.33. The fourth-order valence-electron chi connectivity index (χ4n) is 2.44. The Hall–Kier alpha value is -1.19. The summed E-state index contributed by atoms with van der Waals surface area (Å²) in [7, 11) is -4.20. The van der Waals surface area contributed by atoms with E-state index in [1.165, 1.54) is 0 Å². The SMILES string of the molecule is O=S(=O)(NCC1CCCC1O)c1ccc(F)c(C(F)(F)F)c1. The van der Waals surface area contributed by atoms with Gasteiger partial charge in [0.1, 0.15) is 5.82 Å². The van der Waals surface area contributed by atoms with Crippen LogP contribution in [0.5, 0.6) is 0 Å². The van der Waals surface area contributed by atoms with Gasteiger partial charge in [0.15, 0.2) is 0 Å². The summed E-state index contributed by atoms with van der Waals surface area (Å²) in [5.41, 5.74) is -1.63. The highest BCUT2D eigenvalue weighted by Gasteiger charge is 2.35. The molecule has 2 rings (SSSR count). The lowest BCUT2D eigenvalue weighted by atomic mass is 10.1. The van der Waals surface area contributed by atoms with Gasteiger partial charge in [0.25, 0.3) is 0 Å². The van der Waals surface area contributed by atoms with Crippen molar-refractivity contribution in [2.24, 2.45) is 5.92 Å². The summed E-state index contributed by atoms with van der Waals surface area (Å²) >= 11 is 0. The van der Waals surface area contributed by atoms with Crippen LogP contribution < -0.4 is 4.72 Å². The largest absolute Gasteiger partial charge is 0.419 e. The van der Waals surface area contributed by atoms with Crippen LogP contribution in [0.15, 0.2) is 23.1 Å². The molecule has 0 bridgehead atoms. The first kappa shape index (κ1) is 17.2. The van der Waals surface area contributed by atoms with Gasteiger partial charge in [0.2, 0.25) is 10.0 Å². The van der Waals surface area contributed by atoms with E-state index >= 15 is 0 Å². The Bertz CT molecular complexity index is 645. The second-order valence-corrected chi connectivity index (χ2v) is 7.02. The molecule has 2 atom stereocenters. The van der Waals surface area contributed by atoms with Crippen molar-refractivity contribution in [2.45, 2.75) is 36.4 Å². The van der Waals surface area contributed by atoms with Crippen LogP contribution in [-0.4, -0.2) is 26.2 Å². The summed E-state index contributed by atoms with van der Waals surface area (Å²) in [5.74, 6) is -1.80. The highest BCUT2D eigenvalue weighted by molar-refractivity contribution is 7.89. The van der Waals surface area contributed by atoms with Crippen LogP contribution in [-0.2, 0) is 16.2 Å². The van der Waals surface area contributed by atoms with Crippen LogP contribution in [0, 0.1) is 11.7 Å². The minimum Gasteiger partial charge on any atom is -0.393 e. The standard InChI is InChI=1S/C13H15F4NO3S/c14-11-5-4-9(6-10(11)13(15,16)17)22(20,21)18-7-8-2-1-3-12(8)19/h4-6,8,12,18-19H,1-3,7H2. The Morgan fingerprint density at radius 2 is 1.95 bits per heavy atom. The first-order valence-electron chi connectivity index (χ1n) is 6.66. The second-order valence-electron chi connectivity index (χ2n) is 5.25. The van der Waals surface area contributed by atoms with E-state index in [1.807, 2.05) is 0 Å². The van der Waals surface area contributed by atoms with E-state index in [1.54, 1.807) is 0 Å². The minimum absolute atomic E-state index is 0.0672. The number of rotatable bonds is 4. The van der Waals surface area contributed by atoms with Gasteiger partial charge in [-0.3, -0.25) is 0 Å². The quantitative estimate of drug-likeness (QED) is 0.826. The number of nitrogens with one attached hydrogen (secondary N) is 1. The van der Waals surface area contributed by atoms with E-state index in [9.17, 15) is 31.1 Å². The summed E-state index contributed by atoms with van der Waals surface area (Å²) < 4.78 is 77.2. The predicted octanol–water partition coefficient (Wildman–Crippen LogP) is 2.28. The summed E-state index contributed by atoms with van der Waals surface area (Å²) in [5, 5.41) is 9.61. The lowest BCUT2D eigenvalue weighted by Crippen LogP contribution is -2.32. The number of hydrogen-bond acceptors (Lipinski definition) is 3. The third kappa shape index (κ3) is 3.76. The number of aliphatic hydroxyl groups excluding tert-OH is 1. The Labute approximate surface area is 125 Å². The molecular weight excluding hydrogens is 326 g/mol. The third-order valence-corrected chi connectivity index (χ3v) is 5.13. The van der Waals surface area contributed by atoms with Crippen molar-refractivity contribution < 1.29 is 31.1 Å². The normalized spacial score (nSPS) is 23.0. The van der Waals surface area contributed by atoms with E-state index < -0.39 is 38.6 Å². The molecule has 0 radical (unpaired) electrons. The molecule has 9 heteroatoms. The van der Waals surface area contributed by atoms with Crippen molar-refractivity contribution in [3.05, 3.63) is 29.6 Å². The van der Waals surface area contributed by atoms with E-state index in [4.69, 9.17) is 0 Å². The molecule has 0 saturated heterocycles. The minimum atomic E-state index is -4.97. The molecule has 0 aliphatic heterocycles. The maximum atomic E-state index is 13.2. The van der Waals surface area contributed by atoms with Crippen molar-refractivity contribution in [2.75, 3.05) is 6.54 Å². The maximum Gasteiger partial charge on any atom is 0.419 e. The first-order chi connectivity index (χ1) is 10.1. The van der Waals surface area contributed by atoms with Gasteiger partial charge in [0.05, 0.1) is 16.6 Å². The van der Waals surface area contributed by atoms with Gasteiger partial charge in [-0.2, -0.15) is 13.2 Å². The average molecular weight is 341 g/mol. The third-order valence-electron chi connectivity index (χ3n) is 3.71. The zero-order valence-corrected chi connectivity index (χ0v) is 12.2. The van der Waals surface area contributed by atoms with Crippen LogP contribution in [0.2, 0.25) is 0 Å². The number of benzene rings is 1. The summed E-state index contributed by atoms with van der Waals surface area (Å²) in [6, 6.07) is 1.52. The van der Waals surface area contributed by atoms with E-state index in [-0.39, 0.29) is 18.5 Å². The topological polar surface area (TPSA) is 66.4 Å². The zero-order valence-electron chi connectivity index (χ0n) is 11.4. The molecule has 4 nitrogen and oxygen atoms in total. The van der Waals surface area contributed by atoms with Crippen molar-refractivity contribution in [3.8, 4) is 0 Å². The van der Waals surface area contributed by atoms with Crippen LogP contribution in [0.4, 0.5) is 17.6 Å². The van der Waals surface area contributed by atoms with Crippen molar-refractivity contribution in [1.29, 1.82) is 0 Å². The molecule has 1 aliphatic rings. The van der Waals surface area contributed by atoms with E-state index in [2.05, 4.69) is 4.72 Å². The number of sulfonamides is 1. The maximum absolute atomic E-state index is 13.2. The lowest BCUT2D eigenvalue weighted by molar-refractivity contribution is -0.140. The number of hydrogen-bond donors (Lipinski definition) is 2. The molecule has 2 N–H and O–H groups in total. The van der Waals surface area contributed by atoms with Crippen molar-refractivity contribution in [1.82, 2.24) is 4.72 Å². The van der Waals surface area contributed by atoms with Crippen LogP contribution in [0.3, 0.4) is 0 Å². The predicted molar refractivity (Wildman–Crippen MR) is 69.9 cm³/mol. The van der Waals surface area contributed by atoms with Crippen molar-refractivity contribution >= 4 is 10.0 Å². The van der Waals surface area contributed by atoms with Gasteiger partial charge >= 0.3 is 6.18 Å². The molecule has 2 unspecified atom stereocenters. The van der Waals surface area contributed by atoms with E-state index in [0.717, 1.165) is 12.5 Å². The first-order valence-corrected chi connectivity index (χ1v) is 8.14. The van der Waals surface area contributed by atoms with E-state index in [0.29, 0.717) is 18.9 Å². The molecule has 0 spiro atoms. The fraction of sp³-hybridized carbons (Fsp3) is 0.538. The van der Waals surface area contributed by atoms with Gasteiger partial charge < -0.3 is 5.11 Å². The molecule has 0 heterocycles. The number of aliphatic hydroxyl groups is 1. The van der Waals surface area contributed by atoms with Crippen LogP contribution in [0.25, 0.3) is 0 Å². The molecule has 0 amide bonds. The summed E-state index contributed by atoms with van der Waals surface area (Å²) in [6.45, 7) is -0.0672. The molecular formula is C13H15F4NO3S. The Morgan fingerprint density at radius 3 is 2.50 bits per heavy atom. The summed E-state index contributed by atoms with van der Waals surface area (Å²) in [4.78, 5) is -0.659. The molecule has 1 aliphatic carbocycles. The van der Waals surface area contributed by atoms with Gasteiger partial charge in [-0.1, -0.05) is 6.42 Å². The molecule has 124 valence electrons. The Balaban J connectivity index is 2.19. The smallest absolute Gasteiger partial charge is 0.393 e. The monoisotopic (exact) mass is 341 g/mol. The van der Waals surface area contributed by atoms with Gasteiger partial charge in [-0.15, -0.1) is 0 Å². The Kier molecular flexibility index (Phi) is 4.78. The summed E-state index contributed by atoms with van der Waals surface area (Å²) in [6.07, 6.45) is -3.62. The molecule has 0 aromatic heterocycles. The van der Waals surface area contributed by atoms with Crippen LogP contribution >= 0.6 is 0 Å². The molecule has 1 aromatic carbocycles.